The number of aryl methyl sites for hydroxylation is 1. The Hall–Kier alpha value is -1.85. The number of anilines is 1. The van der Waals surface area contributed by atoms with E-state index in [-0.39, 0.29) is 12.1 Å². The second-order valence-corrected chi connectivity index (χ2v) is 6.11. The number of nitrogens with one attached hydrogen (secondary N) is 1. The van der Waals surface area contributed by atoms with Crippen molar-refractivity contribution in [1.29, 1.82) is 0 Å². The van der Waals surface area contributed by atoms with Crippen molar-refractivity contribution in [3.05, 3.63) is 17.8 Å². The molecule has 1 unspecified atom stereocenters. The average Bonchev–Trinajstić information content (AvgIpc) is 2.75. The van der Waals surface area contributed by atoms with E-state index >= 15 is 0 Å². The Morgan fingerprint density at radius 1 is 1.40 bits per heavy atom. The van der Waals surface area contributed by atoms with Crippen molar-refractivity contribution in [3.8, 4) is 0 Å². The van der Waals surface area contributed by atoms with Gasteiger partial charge in [-0.1, -0.05) is 0 Å². The lowest BCUT2D eigenvalue weighted by Gasteiger charge is -2.22. The molecular weight excluding hydrogens is 256 g/mol. The third-order valence-electron chi connectivity index (χ3n) is 3.02. The van der Waals surface area contributed by atoms with Crippen molar-refractivity contribution in [2.75, 3.05) is 18.0 Å². The molecule has 1 atom stereocenters. The van der Waals surface area contributed by atoms with Crippen LogP contribution >= 0.6 is 0 Å². The molecule has 0 radical (unpaired) electrons. The molecule has 1 aromatic heterocycles. The zero-order valence-electron chi connectivity index (χ0n) is 12.5. The van der Waals surface area contributed by atoms with E-state index in [1.807, 2.05) is 39.8 Å². The van der Waals surface area contributed by atoms with Crippen molar-refractivity contribution in [2.45, 2.75) is 45.8 Å². The molecule has 0 spiro atoms. The van der Waals surface area contributed by atoms with Crippen molar-refractivity contribution >= 4 is 11.9 Å². The van der Waals surface area contributed by atoms with Gasteiger partial charge in [-0.3, -0.25) is 0 Å². The van der Waals surface area contributed by atoms with Crippen LogP contribution in [0.15, 0.2) is 12.1 Å². The van der Waals surface area contributed by atoms with Crippen LogP contribution < -0.4 is 10.2 Å². The molecule has 0 aliphatic carbocycles. The van der Waals surface area contributed by atoms with Crippen LogP contribution in [0, 0.1) is 6.92 Å². The van der Waals surface area contributed by atoms with E-state index in [1.165, 1.54) is 0 Å². The van der Waals surface area contributed by atoms with Crippen molar-refractivity contribution in [1.82, 2.24) is 15.5 Å². The van der Waals surface area contributed by atoms with E-state index < -0.39 is 5.60 Å². The minimum Gasteiger partial charge on any atom is -0.444 e. The number of nitrogens with zero attached hydrogens (tertiary/aromatic N) is 3. The molecule has 1 aliphatic rings. The van der Waals surface area contributed by atoms with Gasteiger partial charge in [0.25, 0.3) is 0 Å². The topological polar surface area (TPSA) is 67.4 Å². The molecule has 0 saturated carbocycles. The first-order valence-electron chi connectivity index (χ1n) is 6.88. The van der Waals surface area contributed by atoms with Crippen molar-refractivity contribution < 1.29 is 9.53 Å². The lowest BCUT2D eigenvalue weighted by Crippen LogP contribution is -2.40. The van der Waals surface area contributed by atoms with E-state index in [0.717, 1.165) is 31.0 Å². The first-order valence-corrected chi connectivity index (χ1v) is 6.88. The Labute approximate surface area is 119 Å². The molecule has 6 heteroatoms. The number of hydrogen-bond donors (Lipinski definition) is 1. The van der Waals surface area contributed by atoms with E-state index in [9.17, 15) is 4.79 Å². The number of aromatic nitrogens is 2. The van der Waals surface area contributed by atoms with Crippen LogP contribution in [0.3, 0.4) is 0 Å². The number of amides is 1. The van der Waals surface area contributed by atoms with Crippen LogP contribution in [0.25, 0.3) is 0 Å². The predicted molar refractivity (Wildman–Crippen MR) is 76.8 cm³/mol. The quantitative estimate of drug-likeness (QED) is 0.894. The van der Waals surface area contributed by atoms with Crippen LogP contribution in [-0.4, -0.2) is 41.0 Å². The fourth-order valence-electron chi connectivity index (χ4n) is 2.12. The van der Waals surface area contributed by atoms with Crippen LogP contribution in [0.2, 0.25) is 0 Å². The maximum Gasteiger partial charge on any atom is 0.407 e. The lowest BCUT2D eigenvalue weighted by molar-refractivity contribution is 0.0509. The van der Waals surface area contributed by atoms with Gasteiger partial charge in [0.05, 0.1) is 11.7 Å². The predicted octanol–water partition coefficient (Wildman–Crippen LogP) is 1.89. The summed E-state index contributed by atoms with van der Waals surface area (Å²) in [4.78, 5) is 13.8. The molecule has 1 fully saturated rings. The number of rotatable bonds is 2. The minimum atomic E-state index is -0.467. The normalized spacial score (nSPS) is 19.0. The van der Waals surface area contributed by atoms with Crippen LogP contribution in [0.4, 0.5) is 10.6 Å². The van der Waals surface area contributed by atoms with Crippen LogP contribution in [0.1, 0.15) is 32.9 Å². The molecule has 1 aromatic rings. The Kier molecular flexibility index (Phi) is 4.11. The Balaban J connectivity index is 1.86. The van der Waals surface area contributed by atoms with Gasteiger partial charge in [0.15, 0.2) is 5.82 Å². The average molecular weight is 278 g/mol. The smallest absolute Gasteiger partial charge is 0.407 e. The van der Waals surface area contributed by atoms with Crippen LogP contribution in [0.5, 0.6) is 0 Å². The van der Waals surface area contributed by atoms with Gasteiger partial charge in [0.1, 0.15) is 5.60 Å². The highest BCUT2D eigenvalue weighted by Gasteiger charge is 2.26. The zero-order chi connectivity index (χ0) is 14.8. The molecule has 20 heavy (non-hydrogen) atoms. The standard InChI is InChI=1S/C14H22N4O2/c1-10-5-6-12(17-16-10)18-8-7-11(9-18)15-13(19)20-14(2,3)4/h5-6,11H,7-9H2,1-4H3,(H,15,19). The maximum atomic E-state index is 11.7. The fourth-order valence-corrected chi connectivity index (χ4v) is 2.12. The molecule has 1 amide bonds. The van der Waals surface area contributed by atoms with E-state index in [0.29, 0.717) is 0 Å². The molecule has 0 bridgehead atoms. The third kappa shape index (κ3) is 4.08. The summed E-state index contributed by atoms with van der Waals surface area (Å²) in [6.45, 7) is 9.07. The zero-order valence-corrected chi connectivity index (χ0v) is 12.5. The maximum absolute atomic E-state index is 11.7. The number of alkyl carbamates (subject to hydrolysis) is 1. The highest BCUT2D eigenvalue weighted by molar-refractivity contribution is 5.68. The highest BCUT2D eigenvalue weighted by atomic mass is 16.6. The van der Waals surface area contributed by atoms with Gasteiger partial charge in [0, 0.05) is 13.1 Å². The van der Waals surface area contributed by atoms with E-state index in [4.69, 9.17) is 4.74 Å². The summed E-state index contributed by atoms with van der Waals surface area (Å²) in [6.07, 6.45) is 0.522. The number of carbonyl (C=O) groups excluding carboxylic acids is 1. The Morgan fingerprint density at radius 3 is 2.75 bits per heavy atom. The van der Waals surface area contributed by atoms with Gasteiger partial charge >= 0.3 is 6.09 Å². The first kappa shape index (κ1) is 14.6. The third-order valence-corrected chi connectivity index (χ3v) is 3.02. The summed E-state index contributed by atoms with van der Waals surface area (Å²) >= 11 is 0. The number of carbonyl (C=O) groups is 1. The Morgan fingerprint density at radius 2 is 2.15 bits per heavy atom. The summed E-state index contributed by atoms with van der Waals surface area (Å²) in [6, 6.07) is 3.99. The van der Waals surface area contributed by atoms with Crippen LogP contribution in [-0.2, 0) is 4.74 Å². The monoisotopic (exact) mass is 278 g/mol. The second kappa shape index (κ2) is 5.64. The molecule has 2 heterocycles. The second-order valence-electron chi connectivity index (χ2n) is 6.11. The van der Waals surface area contributed by atoms with Gasteiger partial charge in [-0.15, -0.1) is 5.10 Å². The summed E-state index contributed by atoms with van der Waals surface area (Å²) in [5, 5.41) is 11.1. The lowest BCUT2D eigenvalue weighted by atomic mass is 10.2. The first-order chi connectivity index (χ1) is 9.33. The fraction of sp³-hybridized carbons (Fsp3) is 0.643. The summed E-state index contributed by atoms with van der Waals surface area (Å²) in [7, 11) is 0. The van der Waals surface area contributed by atoms with Gasteiger partial charge in [-0.25, -0.2) is 4.79 Å². The molecule has 1 N–H and O–H groups in total. The molecule has 1 aliphatic heterocycles. The van der Waals surface area contributed by atoms with Gasteiger partial charge < -0.3 is 15.0 Å². The summed E-state index contributed by atoms with van der Waals surface area (Å²) < 4.78 is 5.26. The number of hydrogen-bond acceptors (Lipinski definition) is 5. The molecule has 2 rings (SSSR count). The Bertz CT molecular complexity index is 467. The molecule has 6 nitrogen and oxygen atoms in total. The van der Waals surface area contributed by atoms with E-state index in [1.54, 1.807) is 0 Å². The minimum absolute atomic E-state index is 0.0907. The van der Waals surface area contributed by atoms with Crippen molar-refractivity contribution in [2.24, 2.45) is 0 Å². The summed E-state index contributed by atoms with van der Waals surface area (Å²) in [5.41, 5.74) is 0.432. The number of ether oxygens (including phenoxy) is 1. The van der Waals surface area contributed by atoms with Gasteiger partial charge in [0.2, 0.25) is 0 Å². The molecule has 0 aromatic carbocycles. The molecule has 1 saturated heterocycles. The largest absolute Gasteiger partial charge is 0.444 e. The highest BCUT2D eigenvalue weighted by Crippen LogP contribution is 2.17. The molecular formula is C14H22N4O2. The van der Waals surface area contributed by atoms with Gasteiger partial charge in [-0.2, -0.15) is 5.10 Å². The van der Waals surface area contributed by atoms with Gasteiger partial charge in [-0.05, 0) is 46.2 Å². The van der Waals surface area contributed by atoms with Crippen molar-refractivity contribution in [3.63, 3.8) is 0 Å². The van der Waals surface area contributed by atoms with E-state index in [2.05, 4.69) is 20.4 Å². The SMILES string of the molecule is Cc1ccc(N2CCC(NC(=O)OC(C)(C)C)C2)nn1. The molecule has 110 valence electrons. The summed E-state index contributed by atoms with van der Waals surface area (Å²) in [5.74, 6) is 0.851.